The van der Waals surface area contributed by atoms with Gasteiger partial charge in [0.05, 0.1) is 12.0 Å². The molecular weight excluding hydrogens is 363 g/mol. The second-order valence-corrected chi connectivity index (χ2v) is 6.77. The van der Waals surface area contributed by atoms with E-state index in [4.69, 9.17) is 4.74 Å². The van der Waals surface area contributed by atoms with Crippen molar-refractivity contribution in [3.05, 3.63) is 52.1 Å². The Morgan fingerprint density at radius 2 is 1.61 bits per heavy atom. The van der Waals surface area contributed by atoms with Gasteiger partial charge in [0.1, 0.15) is 10.6 Å². The fourth-order valence-corrected chi connectivity index (χ4v) is 3.36. The molecule has 0 amide bonds. The summed E-state index contributed by atoms with van der Waals surface area (Å²) in [5.74, 6) is 0.357. The number of hydrogen-bond donors (Lipinski definition) is 0. The smallest absolute Gasteiger partial charge is 0.210 e. The Hall–Kier alpha value is -1.08. The van der Waals surface area contributed by atoms with E-state index in [1.54, 1.807) is 48.5 Å². The lowest BCUT2D eigenvalue weighted by Crippen LogP contribution is -2.04. The van der Waals surface area contributed by atoms with Gasteiger partial charge in [0, 0.05) is 3.57 Å². The summed E-state index contributed by atoms with van der Waals surface area (Å²) in [7, 11) is -2.07. The number of rotatable bonds is 3. The summed E-state index contributed by atoms with van der Waals surface area (Å²) < 4.78 is 31.0. The van der Waals surface area contributed by atoms with Crippen LogP contribution in [0.4, 0.5) is 0 Å². The molecule has 2 rings (SSSR count). The highest BCUT2D eigenvalue weighted by molar-refractivity contribution is 14.1. The summed E-state index contributed by atoms with van der Waals surface area (Å²) in [6.07, 6.45) is 0. The number of ether oxygens (including phenoxy) is 1. The lowest BCUT2D eigenvalue weighted by Gasteiger charge is -2.09. The Kier molecular flexibility index (Phi) is 3.91. The van der Waals surface area contributed by atoms with Crippen molar-refractivity contribution in [2.24, 2.45) is 0 Å². The molecule has 0 spiro atoms. The van der Waals surface area contributed by atoms with E-state index in [0.717, 1.165) is 3.57 Å². The fraction of sp³-hybridized carbons (Fsp3) is 0.0769. The van der Waals surface area contributed by atoms with Crippen LogP contribution in [0.15, 0.2) is 58.3 Å². The summed E-state index contributed by atoms with van der Waals surface area (Å²) in [6.45, 7) is 0. The van der Waals surface area contributed by atoms with Crippen LogP contribution >= 0.6 is 22.6 Å². The molecule has 2 aromatic carbocycles. The Labute approximate surface area is 120 Å². The molecule has 0 aliphatic carbocycles. The average molecular weight is 374 g/mol. The Morgan fingerprint density at radius 1 is 1.00 bits per heavy atom. The quantitative estimate of drug-likeness (QED) is 0.776. The lowest BCUT2D eigenvalue weighted by atomic mass is 10.3. The maximum atomic E-state index is 12.4. The van der Waals surface area contributed by atoms with Gasteiger partial charge in [-0.05, 0) is 59.0 Å². The lowest BCUT2D eigenvalue weighted by molar-refractivity contribution is 0.402. The van der Waals surface area contributed by atoms with E-state index in [0.29, 0.717) is 5.75 Å². The summed E-state index contributed by atoms with van der Waals surface area (Å²) in [4.78, 5) is 0.459. The summed E-state index contributed by atoms with van der Waals surface area (Å²) >= 11 is 2.13. The maximum absolute atomic E-state index is 12.4. The molecular formula is C13H11IO3S. The summed E-state index contributed by atoms with van der Waals surface area (Å²) in [5, 5.41) is 0. The Bertz CT molecular complexity index is 648. The van der Waals surface area contributed by atoms with Crippen LogP contribution in [0.3, 0.4) is 0 Å². The highest BCUT2D eigenvalue weighted by atomic mass is 127. The highest BCUT2D eigenvalue weighted by Gasteiger charge is 2.21. The molecule has 0 unspecified atom stereocenters. The Morgan fingerprint density at radius 3 is 2.22 bits per heavy atom. The molecule has 0 atom stereocenters. The molecule has 0 aliphatic rings. The SMILES string of the molecule is COc1ccccc1S(=O)(=O)c1ccc(I)cc1. The normalized spacial score (nSPS) is 11.2. The van der Waals surface area contributed by atoms with Crippen LogP contribution in [-0.4, -0.2) is 15.5 Å². The van der Waals surface area contributed by atoms with Gasteiger partial charge in [-0.3, -0.25) is 0 Å². The van der Waals surface area contributed by atoms with Gasteiger partial charge in [-0.1, -0.05) is 12.1 Å². The molecule has 0 saturated carbocycles. The van der Waals surface area contributed by atoms with Gasteiger partial charge < -0.3 is 4.74 Å². The van der Waals surface area contributed by atoms with Crippen LogP contribution in [0.25, 0.3) is 0 Å². The fourth-order valence-electron chi connectivity index (χ4n) is 1.58. The van der Waals surface area contributed by atoms with Crippen LogP contribution in [0, 0.1) is 3.57 Å². The third-order valence-electron chi connectivity index (χ3n) is 2.48. The van der Waals surface area contributed by atoms with Gasteiger partial charge in [-0.15, -0.1) is 0 Å². The molecule has 0 radical (unpaired) electrons. The van der Waals surface area contributed by atoms with Crippen molar-refractivity contribution in [3.63, 3.8) is 0 Å². The monoisotopic (exact) mass is 374 g/mol. The molecule has 0 aromatic heterocycles. The zero-order valence-corrected chi connectivity index (χ0v) is 12.6. The van der Waals surface area contributed by atoms with E-state index < -0.39 is 9.84 Å². The second-order valence-electron chi connectivity index (χ2n) is 3.61. The predicted octanol–water partition coefficient (Wildman–Crippen LogP) is 3.13. The van der Waals surface area contributed by atoms with Crippen molar-refractivity contribution in [2.75, 3.05) is 7.11 Å². The molecule has 5 heteroatoms. The van der Waals surface area contributed by atoms with E-state index in [1.807, 2.05) is 0 Å². The first-order valence-electron chi connectivity index (χ1n) is 5.19. The van der Waals surface area contributed by atoms with Crippen molar-refractivity contribution in [3.8, 4) is 5.75 Å². The van der Waals surface area contributed by atoms with Gasteiger partial charge in [-0.25, -0.2) is 8.42 Å². The van der Waals surface area contributed by atoms with Gasteiger partial charge in [0.2, 0.25) is 9.84 Å². The number of hydrogen-bond acceptors (Lipinski definition) is 3. The molecule has 0 fully saturated rings. The van der Waals surface area contributed by atoms with Crippen LogP contribution in [0.5, 0.6) is 5.75 Å². The van der Waals surface area contributed by atoms with E-state index in [2.05, 4.69) is 22.6 Å². The van der Waals surface area contributed by atoms with E-state index in [9.17, 15) is 8.42 Å². The van der Waals surface area contributed by atoms with Gasteiger partial charge >= 0.3 is 0 Å². The van der Waals surface area contributed by atoms with Crippen molar-refractivity contribution < 1.29 is 13.2 Å². The standard InChI is InChI=1S/C13H11IO3S/c1-17-12-4-2-3-5-13(12)18(15,16)11-8-6-10(14)7-9-11/h2-9H,1H3. The van der Waals surface area contributed by atoms with Crippen LogP contribution < -0.4 is 4.74 Å². The average Bonchev–Trinajstić information content (AvgIpc) is 2.39. The number of benzene rings is 2. The third kappa shape index (κ3) is 2.51. The van der Waals surface area contributed by atoms with E-state index >= 15 is 0 Å². The number of methoxy groups -OCH3 is 1. The highest BCUT2D eigenvalue weighted by Crippen LogP contribution is 2.29. The summed E-state index contributed by atoms with van der Waals surface area (Å²) in [5.41, 5.74) is 0. The molecule has 2 aromatic rings. The van der Waals surface area contributed by atoms with E-state index in [-0.39, 0.29) is 9.79 Å². The minimum atomic E-state index is -3.53. The first-order valence-corrected chi connectivity index (χ1v) is 7.75. The van der Waals surface area contributed by atoms with Crippen LogP contribution in [0.2, 0.25) is 0 Å². The molecule has 0 saturated heterocycles. The molecule has 0 aliphatic heterocycles. The van der Waals surface area contributed by atoms with Crippen molar-refractivity contribution >= 4 is 32.4 Å². The van der Waals surface area contributed by atoms with E-state index in [1.165, 1.54) is 7.11 Å². The van der Waals surface area contributed by atoms with Crippen LogP contribution in [-0.2, 0) is 9.84 Å². The zero-order valence-electron chi connectivity index (χ0n) is 9.63. The third-order valence-corrected chi connectivity index (χ3v) is 5.01. The zero-order chi connectivity index (χ0) is 13.2. The number of para-hydroxylation sites is 1. The number of sulfone groups is 1. The van der Waals surface area contributed by atoms with Gasteiger partial charge in [0.15, 0.2) is 0 Å². The largest absolute Gasteiger partial charge is 0.495 e. The molecule has 0 bridgehead atoms. The summed E-state index contributed by atoms with van der Waals surface area (Å²) in [6, 6.07) is 13.3. The first kappa shape index (κ1) is 13.4. The van der Waals surface area contributed by atoms with Crippen molar-refractivity contribution in [1.82, 2.24) is 0 Å². The second kappa shape index (κ2) is 5.27. The van der Waals surface area contributed by atoms with Crippen molar-refractivity contribution in [1.29, 1.82) is 0 Å². The minimum absolute atomic E-state index is 0.189. The molecule has 3 nitrogen and oxygen atoms in total. The first-order chi connectivity index (χ1) is 8.55. The maximum Gasteiger partial charge on any atom is 0.210 e. The van der Waals surface area contributed by atoms with Crippen molar-refractivity contribution in [2.45, 2.75) is 9.79 Å². The molecule has 0 heterocycles. The molecule has 0 N–H and O–H groups in total. The molecule has 18 heavy (non-hydrogen) atoms. The molecule has 94 valence electrons. The predicted molar refractivity (Wildman–Crippen MR) is 77.6 cm³/mol. The number of halogens is 1. The van der Waals surface area contributed by atoms with Gasteiger partial charge in [0.25, 0.3) is 0 Å². The Balaban J connectivity index is 2.58. The van der Waals surface area contributed by atoms with Crippen LogP contribution in [0.1, 0.15) is 0 Å². The topological polar surface area (TPSA) is 43.4 Å². The van der Waals surface area contributed by atoms with Gasteiger partial charge in [-0.2, -0.15) is 0 Å². The minimum Gasteiger partial charge on any atom is -0.495 e.